The molecule has 29 heavy (non-hydrogen) atoms. The van der Waals surface area contributed by atoms with Crippen molar-refractivity contribution in [2.75, 3.05) is 25.2 Å². The molecule has 0 saturated carbocycles. The Morgan fingerprint density at radius 3 is 2.93 bits per heavy atom. The van der Waals surface area contributed by atoms with Crippen LogP contribution in [0.4, 0.5) is 5.69 Å². The standard InChI is InChI=1S/C21H21N3O5/c1-27-16-5-7-18-15(12-16)4-2-11-24(18)20(25)14-28-21(26)19-8-6-17(29-19)13-23-10-3-9-22-23/h3,5-10,12H,2,4,11,13-14H2,1H3. The van der Waals surface area contributed by atoms with Crippen LogP contribution in [0.25, 0.3) is 0 Å². The van der Waals surface area contributed by atoms with Gasteiger partial charge in [-0.1, -0.05) is 0 Å². The van der Waals surface area contributed by atoms with Crippen LogP contribution in [0, 0.1) is 0 Å². The molecule has 0 atom stereocenters. The number of methoxy groups -OCH3 is 1. The van der Waals surface area contributed by atoms with Crippen molar-refractivity contribution in [2.45, 2.75) is 19.4 Å². The third kappa shape index (κ3) is 4.16. The zero-order chi connectivity index (χ0) is 20.2. The van der Waals surface area contributed by atoms with E-state index in [4.69, 9.17) is 13.9 Å². The number of nitrogens with zero attached hydrogens (tertiary/aromatic N) is 3. The molecule has 0 unspecified atom stereocenters. The minimum atomic E-state index is -0.669. The molecule has 0 saturated heterocycles. The van der Waals surface area contributed by atoms with Crippen LogP contribution in [0.3, 0.4) is 0 Å². The van der Waals surface area contributed by atoms with E-state index < -0.39 is 5.97 Å². The normalized spacial score (nSPS) is 13.1. The van der Waals surface area contributed by atoms with Gasteiger partial charge in [-0.3, -0.25) is 9.48 Å². The molecule has 4 rings (SSSR count). The van der Waals surface area contributed by atoms with Crippen molar-refractivity contribution in [2.24, 2.45) is 0 Å². The minimum absolute atomic E-state index is 0.0590. The van der Waals surface area contributed by atoms with E-state index in [1.165, 1.54) is 6.07 Å². The fraction of sp³-hybridized carbons (Fsp3) is 0.286. The molecule has 0 N–H and O–H groups in total. The number of ether oxygens (including phenoxy) is 2. The smallest absolute Gasteiger partial charge is 0.374 e. The highest BCUT2D eigenvalue weighted by molar-refractivity contribution is 5.97. The largest absolute Gasteiger partial charge is 0.497 e. The Labute approximate surface area is 167 Å². The highest BCUT2D eigenvalue weighted by Crippen LogP contribution is 2.30. The van der Waals surface area contributed by atoms with Crippen molar-refractivity contribution in [1.29, 1.82) is 0 Å². The van der Waals surface area contributed by atoms with Crippen LogP contribution in [0.15, 0.2) is 53.2 Å². The lowest BCUT2D eigenvalue weighted by molar-refractivity contribution is -0.121. The molecule has 1 aliphatic rings. The average Bonchev–Trinajstić information content (AvgIpc) is 3.43. The van der Waals surface area contributed by atoms with Gasteiger partial charge in [0.15, 0.2) is 6.61 Å². The summed E-state index contributed by atoms with van der Waals surface area (Å²) in [7, 11) is 1.61. The fourth-order valence-electron chi connectivity index (χ4n) is 3.36. The first kappa shape index (κ1) is 18.8. The first-order valence-corrected chi connectivity index (χ1v) is 9.34. The van der Waals surface area contributed by atoms with Gasteiger partial charge in [0.2, 0.25) is 5.76 Å². The van der Waals surface area contributed by atoms with Crippen LogP contribution in [-0.4, -0.2) is 41.9 Å². The number of benzene rings is 1. The third-order valence-corrected chi connectivity index (χ3v) is 4.77. The van der Waals surface area contributed by atoms with Gasteiger partial charge >= 0.3 is 5.97 Å². The number of furan rings is 1. The number of rotatable bonds is 6. The molecule has 2 aromatic heterocycles. The summed E-state index contributed by atoms with van der Waals surface area (Å²) in [6.45, 7) is 0.650. The monoisotopic (exact) mass is 395 g/mol. The number of carbonyl (C=O) groups is 2. The highest BCUT2D eigenvalue weighted by atomic mass is 16.5. The molecule has 1 aromatic carbocycles. The van der Waals surface area contributed by atoms with Crippen molar-refractivity contribution < 1.29 is 23.5 Å². The van der Waals surface area contributed by atoms with Crippen molar-refractivity contribution >= 4 is 17.6 Å². The van der Waals surface area contributed by atoms with E-state index in [1.54, 1.807) is 41.2 Å². The molecule has 8 heteroatoms. The molecule has 1 aliphatic heterocycles. The van der Waals surface area contributed by atoms with E-state index in [0.29, 0.717) is 18.8 Å². The summed E-state index contributed by atoms with van der Waals surface area (Å²) in [4.78, 5) is 26.5. The maximum atomic E-state index is 12.6. The Bertz CT molecular complexity index is 1010. The minimum Gasteiger partial charge on any atom is -0.497 e. The first-order chi connectivity index (χ1) is 14.1. The van der Waals surface area contributed by atoms with E-state index in [-0.39, 0.29) is 18.3 Å². The summed E-state index contributed by atoms with van der Waals surface area (Å²) >= 11 is 0. The maximum absolute atomic E-state index is 12.6. The second kappa shape index (κ2) is 8.22. The maximum Gasteiger partial charge on any atom is 0.374 e. The molecule has 0 bridgehead atoms. The fourth-order valence-corrected chi connectivity index (χ4v) is 3.36. The van der Waals surface area contributed by atoms with Crippen molar-refractivity contribution in [3.8, 4) is 5.75 Å². The lowest BCUT2D eigenvalue weighted by Crippen LogP contribution is -2.38. The van der Waals surface area contributed by atoms with Gasteiger partial charge in [0.05, 0.1) is 13.7 Å². The summed E-state index contributed by atoms with van der Waals surface area (Å²) in [6.07, 6.45) is 5.18. The topological polar surface area (TPSA) is 86.8 Å². The van der Waals surface area contributed by atoms with Crippen molar-refractivity contribution in [3.63, 3.8) is 0 Å². The molecular formula is C21H21N3O5. The van der Waals surface area contributed by atoms with Gasteiger partial charge in [0, 0.05) is 24.6 Å². The lowest BCUT2D eigenvalue weighted by Gasteiger charge is -2.29. The Morgan fingerprint density at radius 2 is 2.14 bits per heavy atom. The summed E-state index contributed by atoms with van der Waals surface area (Å²) in [5.41, 5.74) is 1.88. The van der Waals surface area contributed by atoms with Crippen molar-refractivity contribution in [1.82, 2.24) is 9.78 Å². The van der Waals surface area contributed by atoms with E-state index >= 15 is 0 Å². The van der Waals surface area contributed by atoms with Crippen LogP contribution >= 0.6 is 0 Å². The van der Waals surface area contributed by atoms with Gasteiger partial charge in [0.1, 0.15) is 11.5 Å². The van der Waals surface area contributed by atoms with Crippen LogP contribution in [0.2, 0.25) is 0 Å². The molecule has 8 nitrogen and oxygen atoms in total. The van der Waals surface area contributed by atoms with Gasteiger partial charge in [-0.25, -0.2) is 4.79 Å². The summed E-state index contributed by atoms with van der Waals surface area (Å²) in [5, 5.41) is 4.09. The molecule has 150 valence electrons. The third-order valence-electron chi connectivity index (χ3n) is 4.77. The number of hydrogen-bond donors (Lipinski definition) is 0. The number of aryl methyl sites for hydroxylation is 1. The number of esters is 1. The van der Waals surface area contributed by atoms with Gasteiger partial charge in [-0.15, -0.1) is 0 Å². The predicted octanol–water partition coefficient (Wildman–Crippen LogP) is 2.67. The molecular weight excluding hydrogens is 374 g/mol. The summed E-state index contributed by atoms with van der Waals surface area (Å²) < 4.78 is 17.6. The highest BCUT2D eigenvalue weighted by Gasteiger charge is 2.24. The first-order valence-electron chi connectivity index (χ1n) is 9.34. The SMILES string of the molecule is COc1ccc2c(c1)CCCN2C(=O)COC(=O)c1ccc(Cn2cccn2)o1. The van der Waals surface area contributed by atoms with E-state index in [0.717, 1.165) is 29.8 Å². The quantitative estimate of drug-likeness (QED) is 0.597. The molecule has 0 aliphatic carbocycles. The number of hydrogen-bond acceptors (Lipinski definition) is 6. The number of anilines is 1. The molecule has 0 fully saturated rings. The molecule has 3 heterocycles. The number of amides is 1. The van der Waals surface area contributed by atoms with Gasteiger partial charge in [-0.05, 0) is 54.8 Å². The Morgan fingerprint density at radius 1 is 1.24 bits per heavy atom. The average molecular weight is 395 g/mol. The molecule has 3 aromatic rings. The predicted molar refractivity (Wildman–Crippen MR) is 104 cm³/mol. The van der Waals surface area contributed by atoms with Crippen LogP contribution < -0.4 is 9.64 Å². The summed E-state index contributed by atoms with van der Waals surface area (Å²) in [5.74, 6) is 0.452. The lowest BCUT2D eigenvalue weighted by atomic mass is 10.0. The Balaban J connectivity index is 1.36. The number of fused-ring (bicyclic) bond motifs is 1. The zero-order valence-corrected chi connectivity index (χ0v) is 16.0. The van der Waals surface area contributed by atoms with Crippen LogP contribution in [-0.2, 0) is 22.5 Å². The number of aromatic nitrogens is 2. The van der Waals surface area contributed by atoms with E-state index in [2.05, 4.69) is 5.10 Å². The second-order valence-electron chi connectivity index (χ2n) is 6.69. The zero-order valence-electron chi connectivity index (χ0n) is 16.0. The van der Waals surface area contributed by atoms with Gasteiger partial charge in [-0.2, -0.15) is 5.10 Å². The second-order valence-corrected chi connectivity index (χ2v) is 6.69. The van der Waals surface area contributed by atoms with Crippen LogP contribution in [0.5, 0.6) is 5.75 Å². The molecule has 0 radical (unpaired) electrons. The molecule has 0 spiro atoms. The molecule has 1 amide bonds. The van der Waals surface area contributed by atoms with Gasteiger partial charge < -0.3 is 18.8 Å². The van der Waals surface area contributed by atoms with Gasteiger partial charge in [0.25, 0.3) is 5.91 Å². The van der Waals surface area contributed by atoms with Crippen molar-refractivity contribution in [3.05, 3.63) is 65.9 Å². The van der Waals surface area contributed by atoms with E-state index in [1.807, 2.05) is 18.2 Å². The Kier molecular flexibility index (Phi) is 5.33. The summed E-state index contributed by atoms with van der Waals surface area (Å²) in [6, 6.07) is 10.6. The number of carbonyl (C=O) groups excluding carboxylic acids is 2. The van der Waals surface area contributed by atoms with E-state index in [9.17, 15) is 9.59 Å². The van der Waals surface area contributed by atoms with Crippen LogP contribution in [0.1, 0.15) is 28.3 Å². The Hall–Kier alpha value is -3.55.